The lowest BCUT2D eigenvalue weighted by molar-refractivity contribution is 0.0248. The van der Waals surface area contributed by atoms with Crippen molar-refractivity contribution in [3.05, 3.63) is 34.1 Å². The molecule has 2 rings (SSSR count). The van der Waals surface area contributed by atoms with Crippen LogP contribution in [0.2, 0.25) is 0 Å². The Bertz CT molecular complexity index is 466. The fourth-order valence-corrected chi connectivity index (χ4v) is 2.48. The predicted octanol–water partition coefficient (Wildman–Crippen LogP) is 2.43. The first-order valence-corrected chi connectivity index (χ1v) is 6.70. The van der Waals surface area contributed by atoms with E-state index >= 15 is 0 Å². The quantitative estimate of drug-likeness (QED) is 0.864. The highest BCUT2D eigenvalue weighted by atomic mass is 79.9. The molecule has 0 aromatic heterocycles. The van der Waals surface area contributed by atoms with E-state index in [1.54, 1.807) is 4.90 Å². The minimum atomic E-state index is -0.505. The number of piperidine rings is 1. The number of carbonyl (C=O) groups is 1. The molecule has 1 aliphatic rings. The number of β-amino-alcohol motifs (C(OH)–C–C–N with tert-alkyl or cyclic N) is 1. The Hall–Kier alpha value is -0.940. The summed E-state index contributed by atoms with van der Waals surface area (Å²) < 4.78 is 13.7. The number of likely N-dealkylation sites (tertiary alicyclic amines) is 1. The van der Waals surface area contributed by atoms with Crippen LogP contribution < -0.4 is 0 Å². The molecule has 0 saturated carbocycles. The lowest BCUT2D eigenvalue weighted by Gasteiger charge is -2.34. The topological polar surface area (TPSA) is 40.5 Å². The van der Waals surface area contributed by atoms with Gasteiger partial charge in [0, 0.05) is 17.6 Å². The molecule has 1 saturated heterocycles. The highest BCUT2D eigenvalue weighted by molar-refractivity contribution is 9.10. The molecule has 3 nitrogen and oxygen atoms in total. The van der Waals surface area contributed by atoms with Crippen LogP contribution in [0.5, 0.6) is 0 Å². The lowest BCUT2D eigenvalue weighted by atomic mass is 9.95. The summed E-state index contributed by atoms with van der Waals surface area (Å²) in [6.07, 6.45) is 0.259. The van der Waals surface area contributed by atoms with Gasteiger partial charge >= 0.3 is 0 Å². The molecule has 0 aliphatic carbocycles. The van der Waals surface area contributed by atoms with Crippen LogP contribution in [0.25, 0.3) is 0 Å². The minimum Gasteiger partial charge on any atom is -0.391 e. The molecule has 1 aromatic carbocycles. The Morgan fingerprint density at radius 3 is 2.94 bits per heavy atom. The number of rotatable bonds is 1. The zero-order valence-corrected chi connectivity index (χ0v) is 11.7. The molecule has 1 fully saturated rings. The number of carbonyl (C=O) groups excluding carboxylic acids is 1. The van der Waals surface area contributed by atoms with Crippen molar-refractivity contribution in [2.75, 3.05) is 13.1 Å². The molecule has 1 aliphatic heterocycles. The SMILES string of the molecule is CC1CCN(C(=O)c2cc(F)ccc2Br)CC1O. The fraction of sp³-hybridized carbons (Fsp3) is 0.462. The second-order valence-electron chi connectivity index (χ2n) is 4.71. The van der Waals surface area contributed by atoms with E-state index in [1.165, 1.54) is 18.2 Å². The van der Waals surface area contributed by atoms with E-state index in [-0.39, 0.29) is 11.8 Å². The largest absolute Gasteiger partial charge is 0.391 e. The van der Waals surface area contributed by atoms with Gasteiger partial charge in [0.1, 0.15) is 5.82 Å². The van der Waals surface area contributed by atoms with E-state index in [4.69, 9.17) is 0 Å². The van der Waals surface area contributed by atoms with E-state index in [0.717, 1.165) is 6.42 Å². The Balaban J connectivity index is 2.19. The molecular formula is C13H15BrFNO2. The van der Waals surface area contributed by atoms with Gasteiger partial charge in [-0.3, -0.25) is 4.79 Å². The number of benzene rings is 1. The van der Waals surface area contributed by atoms with Crippen molar-refractivity contribution in [2.24, 2.45) is 5.92 Å². The normalized spacial score (nSPS) is 24.1. The summed E-state index contributed by atoms with van der Waals surface area (Å²) in [7, 11) is 0. The molecular weight excluding hydrogens is 301 g/mol. The zero-order valence-electron chi connectivity index (χ0n) is 10.1. The molecule has 0 bridgehead atoms. The number of halogens is 2. The van der Waals surface area contributed by atoms with Crippen LogP contribution >= 0.6 is 15.9 Å². The molecule has 1 aromatic rings. The van der Waals surface area contributed by atoms with Crippen molar-refractivity contribution >= 4 is 21.8 Å². The van der Waals surface area contributed by atoms with Gasteiger partial charge in [-0.05, 0) is 46.5 Å². The number of hydrogen-bond donors (Lipinski definition) is 1. The van der Waals surface area contributed by atoms with E-state index in [9.17, 15) is 14.3 Å². The summed E-state index contributed by atoms with van der Waals surface area (Å²) >= 11 is 3.25. The summed E-state index contributed by atoms with van der Waals surface area (Å²) in [6, 6.07) is 4.04. The van der Waals surface area contributed by atoms with Crippen molar-refractivity contribution in [1.82, 2.24) is 4.90 Å². The third-order valence-corrected chi connectivity index (χ3v) is 4.06. The van der Waals surface area contributed by atoms with E-state index in [0.29, 0.717) is 23.1 Å². The van der Waals surface area contributed by atoms with Crippen molar-refractivity contribution in [2.45, 2.75) is 19.4 Å². The monoisotopic (exact) mass is 315 g/mol. The van der Waals surface area contributed by atoms with Crippen molar-refractivity contribution in [1.29, 1.82) is 0 Å². The average molecular weight is 316 g/mol. The highest BCUT2D eigenvalue weighted by Crippen LogP contribution is 2.23. The third-order valence-electron chi connectivity index (χ3n) is 3.36. The summed E-state index contributed by atoms with van der Waals surface area (Å²) in [6.45, 7) is 2.87. The van der Waals surface area contributed by atoms with E-state index in [1.807, 2.05) is 6.92 Å². The van der Waals surface area contributed by atoms with Crippen LogP contribution in [-0.2, 0) is 0 Å². The van der Waals surface area contributed by atoms with Crippen molar-refractivity contribution in [3.8, 4) is 0 Å². The first kappa shape index (κ1) is 13.5. The maximum absolute atomic E-state index is 13.2. The second-order valence-corrected chi connectivity index (χ2v) is 5.56. The standard InChI is InChI=1S/C13H15BrFNO2/c1-8-4-5-16(7-12(8)17)13(18)10-6-9(15)2-3-11(10)14/h2-3,6,8,12,17H,4-5,7H2,1H3. The van der Waals surface area contributed by atoms with Crippen molar-refractivity contribution < 1.29 is 14.3 Å². The second kappa shape index (κ2) is 5.36. The molecule has 1 heterocycles. The van der Waals surface area contributed by atoms with Crippen LogP contribution in [-0.4, -0.2) is 35.1 Å². The molecule has 5 heteroatoms. The van der Waals surface area contributed by atoms with Crippen LogP contribution in [0.3, 0.4) is 0 Å². The van der Waals surface area contributed by atoms with Crippen LogP contribution in [0.1, 0.15) is 23.7 Å². The smallest absolute Gasteiger partial charge is 0.255 e. The van der Waals surface area contributed by atoms with Gasteiger partial charge in [-0.15, -0.1) is 0 Å². The molecule has 1 N–H and O–H groups in total. The lowest BCUT2D eigenvalue weighted by Crippen LogP contribution is -2.45. The number of nitrogens with zero attached hydrogens (tertiary/aromatic N) is 1. The van der Waals surface area contributed by atoms with Gasteiger partial charge in [0.2, 0.25) is 0 Å². The molecule has 2 atom stereocenters. The van der Waals surface area contributed by atoms with Gasteiger partial charge in [0.25, 0.3) is 5.91 Å². The summed E-state index contributed by atoms with van der Waals surface area (Å²) in [5, 5.41) is 9.79. The average Bonchev–Trinajstić information content (AvgIpc) is 2.35. The predicted molar refractivity (Wildman–Crippen MR) is 69.8 cm³/mol. The van der Waals surface area contributed by atoms with E-state index < -0.39 is 11.9 Å². The molecule has 98 valence electrons. The Morgan fingerprint density at radius 2 is 2.28 bits per heavy atom. The summed E-state index contributed by atoms with van der Waals surface area (Å²) in [5.74, 6) is -0.482. The first-order chi connectivity index (χ1) is 8.49. The first-order valence-electron chi connectivity index (χ1n) is 5.91. The van der Waals surface area contributed by atoms with Crippen molar-refractivity contribution in [3.63, 3.8) is 0 Å². The molecule has 2 unspecified atom stereocenters. The summed E-state index contributed by atoms with van der Waals surface area (Å²) in [4.78, 5) is 13.8. The number of amides is 1. The Labute approximate surface area is 114 Å². The maximum atomic E-state index is 13.2. The zero-order chi connectivity index (χ0) is 13.3. The van der Waals surface area contributed by atoms with E-state index in [2.05, 4.69) is 15.9 Å². The maximum Gasteiger partial charge on any atom is 0.255 e. The Morgan fingerprint density at radius 1 is 1.56 bits per heavy atom. The molecule has 1 amide bonds. The fourth-order valence-electron chi connectivity index (χ4n) is 2.07. The van der Waals surface area contributed by atoms with Gasteiger partial charge in [-0.1, -0.05) is 6.92 Å². The number of aliphatic hydroxyl groups excluding tert-OH is 1. The molecule has 0 radical (unpaired) electrons. The minimum absolute atomic E-state index is 0.199. The molecule has 0 spiro atoms. The van der Waals surface area contributed by atoms with Gasteiger partial charge in [0.15, 0.2) is 0 Å². The Kier molecular flexibility index (Phi) is 4.02. The van der Waals surface area contributed by atoms with Crippen LogP contribution in [0.15, 0.2) is 22.7 Å². The van der Waals surface area contributed by atoms with Gasteiger partial charge in [-0.25, -0.2) is 4.39 Å². The van der Waals surface area contributed by atoms with Gasteiger partial charge in [0.05, 0.1) is 11.7 Å². The van der Waals surface area contributed by atoms with Crippen LogP contribution in [0, 0.1) is 11.7 Å². The number of aliphatic hydroxyl groups is 1. The third kappa shape index (κ3) is 2.72. The van der Waals surface area contributed by atoms with Gasteiger partial charge in [-0.2, -0.15) is 0 Å². The van der Waals surface area contributed by atoms with Crippen LogP contribution in [0.4, 0.5) is 4.39 Å². The van der Waals surface area contributed by atoms with Gasteiger partial charge < -0.3 is 10.0 Å². The highest BCUT2D eigenvalue weighted by Gasteiger charge is 2.28. The number of hydrogen-bond acceptors (Lipinski definition) is 2. The summed E-state index contributed by atoms with van der Waals surface area (Å²) in [5.41, 5.74) is 0.303. The molecule has 18 heavy (non-hydrogen) atoms.